The van der Waals surface area contributed by atoms with E-state index in [0.717, 1.165) is 18.4 Å². The summed E-state index contributed by atoms with van der Waals surface area (Å²) in [5.41, 5.74) is 6.08. The minimum atomic E-state index is -4.69. The molecule has 122 valence electrons. The van der Waals surface area contributed by atoms with E-state index in [4.69, 9.17) is 5.73 Å². The monoisotopic (exact) mass is 316 g/mol. The van der Waals surface area contributed by atoms with Gasteiger partial charge < -0.3 is 15.8 Å². The van der Waals surface area contributed by atoms with Crippen LogP contribution in [0.5, 0.6) is 5.75 Å². The van der Waals surface area contributed by atoms with Gasteiger partial charge in [-0.15, -0.1) is 13.2 Å². The van der Waals surface area contributed by atoms with Crippen LogP contribution in [0.3, 0.4) is 0 Å². The largest absolute Gasteiger partial charge is 0.573 e. The van der Waals surface area contributed by atoms with E-state index in [1.54, 1.807) is 12.1 Å². The van der Waals surface area contributed by atoms with Crippen LogP contribution in [-0.2, 0) is 11.2 Å². The highest BCUT2D eigenvalue weighted by Gasteiger charge is 2.36. The minimum Gasteiger partial charge on any atom is -0.406 e. The van der Waals surface area contributed by atoms with Crippen LogP contribution < -0.4 is 15.8 Å². The lowest BCUT2D eigenvalue weighted by Gasteiger charge is -2.22. The van der Waals surface area contributed by atoms with Crippen molar-refractivity contribution in [1.82, 2.24) is 5.32 Å². The summed E-state index contributed by atoms with van der Waals surface area (Å²) < 4.78 is 39.9. The van der Waals surface area contributed by atoms with Gasteiger partial charge in [-0.05, 0) is 37.0 Å². The molecule has 3 N–H and O–H groups in total. The highest BCUT2D eigenvalue weighted by molar-refractivity contribution is 5.86. The normalized spacial score (nSPS) is 17.3. The summed E-state index contributed by atoms with van der Waals surface area (Å²) >= 11 is 0. The molecule has 1 aliphatic rings. The number of rotatable bonds is 5. The first-order valence-electron chi connectivity index (χ1n) is 7.20. The van der Waals surface area contributed by atoms with Gasteiger partial charge in [0.2, 0.25) is 5.91 Å². The lowest BCUT2D eigenvalue weighted by atomic mass is 9.98. The number of carbonyl (C=O) groups is 1. The van der Waals surface area contributed by atoms with Gasteiger partial charge >= 0.3 is 6.36 Å². The third kappa shape index (κ3) is 4.62. The van der Waals surface area contributed by atoms with E-state index in [1.807, 2.05) is 0 Å². The molecule has 22 heavy (non-hydrogen) atoms. The zero-order valence-corrected chi connectivity index (χ0v) is 12.1. The third-order valence-electron chi connectivity index (χ3n) is 3.80. The molecule has 7 heteroatoms. The fourth-order valence-electron chi connectivity index (χ4n) is 2.59. The van der Waals surface area contributed by atoms with Crippen LogP contribution in [0.2, 0.25) is 0 Å². The number of hydrogen-bond donors (Lipinski definition) is 2. The summed E-state index contributed by atoms with van der Waals surface area (Å²) in [5.74, 6) is -0.408. The maximum absolute atomic E-state index is 12.0. The molecule has 0 saturated heterocycles. The molecule has 1 amide bonds. The molecule has 0 aliphatic heterocycles. The number of benzene rings is 1. The van der Waals surface area contributed by atoms with Crippen LogP contribution in [-0.4, -0.2) is 24.4 Å². The lowest BCUT2D eigenvalue weighted by molar-refractivity contribution is -0.274. The Balaban J connectivity index is 1.78. The summed E-state index contributed by atoms with van der Waals surface area (Å²) in [6, 6.07) is 5.60. The van der Waals surface area contributed by atoms with Gasteiger partial charge in [0.25, 0.3) is 0 Å². The second kappa shape index (κ2) is 6.56. The quantitative estimate of drug-likeness (QED) is 0.877. The van der Waals surface area contributed by atoms with Gasteiger partial charge in [-0.25, -0.2) is 0 Å². The smallest absolute Gasteiger partial charge is 0.406 e. The van der Waals surface area contributed by atoms with E-state index in [9.17, 15) is 18.0 Å². The maximum atomic E-state index is 12.0. The summed E-state index contributed by atoms with van der Waals surface area (Å²) in [4.78, 5) is 12.0. The van der Waals surface area contributed by atoms with Crippen molar-refractivity contribution in [3.63, 3.8) is 0 Å². The standard InChI is InChI=1S/C15H19F3N2O2/c16-15(17,18)22-12-5-3-11(4-6-12)7-10-20-13(21)14(19)8-1-2-9-14/h3-6H,1-2,7-10,19H2,(H,20,21). The maximum Gasteiger partial charge on any atom is 0.573 e. The summed E-state index contributed by atoms with van der Waals surface area (Å²) in [6.07, 6.45) is -0.847. The predicted molar refractivity (Wildman–Crippen MR) is 75.2 cm³/mol. The molecule has 0 heterocycles. The number of nitrogens with two attached hydrogens (primary N) is 1. The van der Waals surface area contributed by atoms with Crippen LogP contribution in [0.1, 0.15) is 31.2 Å². The molecule has 4 nitrogen and oxygen atoms in total. The van der Waals surface area contributed by atoms with Crippen molar-refractivity contribution < 1.29 is 22.7 Å². The Bertz CT molecular complexity index is 509. The van der Waals surface area contributed by atoms with E-state index in [0.29, 0.717) is 25.8 Å². The molecule has 0 atom stereocenters. The average Bonchev–Trinajstić information content (AvgIpc) is 2.87. The van der Waals surface area contributed by atoms with Crippen LogP contribution >= 0.6 is 0 Å². The van der Waals surface area contributed by atoms with Crippen molar-refractivity contribution in [2.45, 2.75) is 44.0 Å². The second-order valence-electron chi connectivity index (χ2n) is 5.56. The number of halogens is 3. The number of nitrogens with one attached hydrogen (secondary N) is 1. The van der Waals surface area contributed by atoms with Crippen molar-refractivity contribution in [3.05, 3.63) is 29.8 Å². The topological polar surface area (TPSA) is 64.4 Å². The first kappa shape index (κ1) is 16.6. The van der Waals surface area contributed by atoms with Crippen molar-refractivity contribution in [3.8, 4) is 5.75 Å². The van der Waals surface area contributed by atoms with Crippen LogP contribution in [0.15, 0.2) is 24.3 Å². The third-order valence-corrected chi connectivity index (χ3v) is 3.80. The molecule has 1 aromatic rings. The number of ether oxygens (including phenoxy) is 1. The van der Waals surface area contributed by atoms with Crippen molar-refractivity contribution in [2.24, 2.45) is 5.73 Å². The fourth-order valence-corrected chi connectivity index (χ4v) is 2.59. The Hall–Kier alpha value is -1.76. The Labute approximate surface area is 126 Å². The summed E-state index contributed by atoms with van der Waals surface area (Å²) in [6.45, 7) is 0.400. The van der Waals surface area contributed by atoms with E-state index < -0.39 is 11.9 Å². The Morgan fingerprint density at radius 2 is 1.82 bits per heavy atom. The van der Waals surface area contributed by atoms with Gasteiger partial charge in [0, 0.05) is 6.54 Å². The van der Waals surface area contributed by atoms with E-state index >= 15 is 0 Å². The van der Waals surface area contributed by atoms with Crippen molar-refractivity contribution in [1.29, 1.82) is 0 Å². The molecular formula is C15H19F3N2O2. The highest BCUT2D eigenvalue weighted by atomic mass is 19.4. The first-order valence-corrected chi connectivity index (χ1v) is 7.20. The molecule has 0 radical (unpaired) electrons. The second-order valence-corrected chi connectivity index (χ2v) is 5.56. The minimum absolute atomic E-state index is 0.151. The number of alkyl halides is 3. The van der Waals surface area contributed by atoms with Gasteiger partial charge in [-0.1, -0.05) is 25.0 Å². The summed E-state index contributed by atoms with van der Waals surface area (Å²) in [5, 5.41) is 2.79. The summed E-state index contributed by atoms with van der Waals surface area (Å²) in [7, 11) is 0. The molecule has 1 fully saturated rings. The molecule has 0 bridgehead atoms. The number of carbonyl (C=O) groups excluding carboxylic acids is 1. The average molecular weight is 316 g/mol. The fraction of sp³-hybridized carbons (Fsp3) is 0.533. The Kier molecular flexibility index (Phi) is 4.95. The molecule has 1 saturated carbocycles. The van der Waals surface area contributed by atoms with Crippen molar-refractivity contribution in [2.75, 3.05) is 6.54 Å². The first-order chi connectivity index (χ1) is 10.3. The van der Waals surface area contributed by atoms with Crippen LogP contribution in [0, 0.1) is 0 Å². The van der Waals surface area contributed by atoms with Crippen LogP contribution in [0.25, 0.3) is 0 Å². The van der Waals surface area contributed by atoms with Gasteiger partial charge in [-0.2, -0.15) is 0 Å². The highest BCUT2D eigenvalue weighted by Crippen LogP contribution is 2.27. The molecule has 0 unspecified atom stereocenters. The molecule has 0 spiro atoms. The zero-order valence-electron chi connectivity index (χ0n) is 12.1. The zero-order chi connectivity index (χ0) is 16.2. The predicted octanol–water partition coefficient (Wildman–Crippen LogP) is 2.52. The molecule has 1 aromatic carbocycles. The van der Waals surface area contributed by atoms with Gasteiger partial charge in [-0.3, -0.25) is 4.79 Å². The molecular weight excluding hydrogens is 297 g/mol. The number of hydrogen-bond acceptors (Lipinski definition) is 3. The molecule has 0 aromatic heterocycles. The van der Waals surface area contributed by atoms with E-state index in [2.05, 4.69) is 10.1 Å². The van der Waals surface area contributed by atoms with E-state index in [-0.39, 0.29) is 11.7 Å². The Morgan fingerprint density at radius 3 is 2.36 bits per heavy atom. The lowest BCUT2D eigenvalue weighted by Crippen LogP contribution is -2.52. The Morgan fingerprint density at radius 1 is 1.23 bits per heavy atom. The van der Waals surface area contributed by atoms with Crippen LogP contribution in [0.4, 0.5) is 13.2 Å². The van der Waals surface area contributed by atoms with Crippen molar-refractivity contribution >= 4 is 5.91 Å². The molecule has 1 aliphatic carbocycles. The SMILES string of the molecule is NC1(C(=O)NCCc2ccc(OC(F)(F)F)cc2)CCCC1. The van der Waals surface area contributed by atoms with E-state index in [1.165, 1.54) is 12.1 Å². The van der Waals surface area contributed by atoms with Gasteiger partial charge in [0.05, 0.1) is 5.54 Å². The van der Waals surface area contributed by atoms with Gasteiger partial charge in [0.15, 0.2) is 0 Å². The number of amides is 1. The van der Waals surface area contributed by atoms with Gasteiger partial charge in [0.1, 0.15) is 5.75 Å². The molecule has 2 rings (SSSR count).